The number of carboxylic acids is 1. The van der Waals surface area contributed by atoms with Crippen LogP contribution >= 0.6 is 23.2 Å². The van der Waals surface area contributed by atoms with Crippen molar-refractivity contribution in [2.24, 2.45) is 0 Å². The van der Waals surface area contributed by atoms with Gasteiger partial charge in [0, 0.05) is 6.54 Å². The van der Waals surface area contributed by atoms with Gasteiger partial charge in [0.2, 0.25) is 0 Å². The summed E-state index contributed by atoms with van der Waals surface area (Å²) in [5, 5.41) is 18.9. The topological polar surface area (TPSA) is 79.5 Å². The largest absolute Gasteiger partial charge is 0.478 e. The fourth-order valence-electron chi connectivity index (χ4n) is 2.32. The van der Waals surface area contributed by atoms with E-state index in [0.717, 1.165) is 5.56 Å². The Morgan fingerprint density at radius 1 is 1.22 bits per heavy atom. The van der Waals surface area contributed by atoms with Gasteiger partial charge in [-0.25, -0.2) is 4.79 Å². The minimum absolute atomic E-state index is 0.0133. The highest BCUT2D eigenvalue weighted by Gasteiger charge is 2.16. The van der Waals surface area contributed by atoms with E-state index in [9.17, 15) is 14.7 Å². The predicted octanol–water partition coefficient (Wildman–Crippen LogP) is 3.15. The number of hydrogen-bond acceptors (Lipinski definition) is 3. The standard InChI is InChI=1S/C16H15Cl2NO4/c1-9(20)14-12(17)8-13(18)15(21)19(14)7-6-10-2-4-11(5-3-10)16(22)23/h2-5,8-9,20H,6-7H2,1H3,(H,22,23). The number of aromatic nitrogens is 1. The van der Waals surface area contributed by atoms with Gasteiger partial charge in [-0.2, -0.15) is 0 Å². The second-order valence-electron chi connectivity index (χ2n) is 5.11. The van der Waals surface area contributed by atoms with Crippen molar-refractivity contribution in [3.63, 3.8) is 0 Å². The second kappa shape index (κ2) is 7.17. The number of aromatic carboxylic acids is 1. The van der Waals surface area contributed by atoms with Crippen molar-refractivity contribution in [2.75, 3.05) is 0 Å². The quantitative estimate of drug-likeness (QED) is 0.863. The molecule has 1 aromatic carbocycles. The molecule has 2 N–H and O–H groups in total. The lowest BCUT2D eigenvalue weighted by molar-refractivity contribution is 0.0697. The maximum atomic E-state index is 12.2. The molecule has 7 heteroatoms. The third kappa shape index (κ3) is 3.93. The lowest BCUT2D eigenvalue weighted by Crippen LogP contribution is -2.26. The van der Waals surface area contributed by atoms with Crippen molar-refractivity contribution in [3.05, 3.63) is 67.6 Å². The van der Waals surface area contributed by atoms with Gasteiger partial charge in [-0.05, 0) is 37.1 Å². The Labute approximate surface area is 142 Å². The Kier molecular flexibility index (Phi) is 5.46. The molecule has 0 aliphatic heterocycles. The Balaban J connectivity index is 2.29. The first kappa shape index (κ1) is 17.5. The van der Waals surface area contributed by atoms with E-state index in [2.05, 4.69) is 0 Å². The molecule has 1 atom stereocenters. The van der Waals surface area contributed by atoms with Crippen molar-refractivity contribution in [2.45, 2.75) is 26.0 Å². The van der Waals surface area contributed by atoms with E-state index >= 15 is 0 Å². The van der Waals surface area contributed by atoms with Crippen molar-refractivity contribution in [1.82, 2.24) is 4.57 Å². The molecule has 5 nitrogen and oxygen atoms in total. The van der Waals surface area contributed by atoms with E-state index in [0.29, 0.717) is 12.1 Å². The first-order valence-electron chi connectivity index (χ1n) is 6.90. The number of benzene rings is 1. The summed E-state index contributed by atoms with van der Waals surface area (Å²) in [7, 11) is 0. The molecular weight excluding hydrogens is 341 g/mol. The first-order chi connectivity index (χ1) is 10.8. The summed E-state index contributed by atoms with van der Waals surface area (Å²) >= 11 is 11.9. The molecule has 0 fully saturated rings. The zero-order chi connectivity index (χ0) is 17.1. The molecule has 2 rings (SSSR count). The van der Waals surface area contributed by atoms with Crippen LogP contribution in [0.4, 0.5) is 0 Å². The zero-order valence-corrected chi connectivity index (χ0v) is 13.8. The summed E-state index contributed by atoms with van der Waals surface area (Å²) < 4.78 is 1.35. The monoisotopic (exact) mass is 355 g/mol. The lowest BCUT2D eigenvalue weighted by Gasteiger charge is -2.17. The van der Waals surface area contributed by atoms with Gasteiger partial charge in [-0.3, -0.25) is 4.79 Å². The van der Waals surface area contributed by atoms with Gasteiger partial charge in [-0.15, -0.1) is 0 Å². The highest BCUT2D eigenvalue weighted by atomic mass is 35.5. The number of aryl methyl sites for hydroxylation is 1. The number of aliphatic hydroxyl groups excluding tert-OH is 1. The molecule has 0 amide bonds. The van der Waals surface area contributed by atoms with Crippen LogP contribution in [0.25, 0.3) is 0 Å². The molecule has 2 aromatic rings. The molecule has 0 aliphatic carbocycles. The van der Waals surface area contributed by atoms with Crippen molar-refractivity contribution in [3.8, 4) is 0 Å². The molecule has 0 spiro atoms. The molecule has 1 aromatic heterocycles. The Bertz CT molecular complexity index is 782. The van der Waals surface area contributed by atoms with Crippen molar-refractivity contribution < 1.29 is 15.0 Å². The van der Waals surface area contributed by atoms with Crippen LogP contribution < -0.4 is 5.56 Å². The fourth-order valence-corrected chi connectivity index (χ4v) is 2.95. The van der Waals surface area contributed by atoms with E-state index in [-0.39, 0.29) is 22.2 Å². The van der Waals surface area contributed by atoms with E-state index in [4.69, 9.17) is 28.3 Å². The summed E-state index contributed by atoms with van der Waals surface area (Å²) in [5.41, 5.74) is 0.938. The predicted molar refractivity (Wildman–Crippen MR) is 88.5 cm³/mol. The van der Waals surface area contributed by atoms with Crippen LogP contribution in [-0.4, -0.2) is 20.7 Å². The third-order valence-electron chi connectivity index (χ3n) is 3.46. The van der Waals surface area contributed by atoms with Crippen LogP contribution in [0.5, 0.6) is 0 Å². The third-order valence-corrected chi connectivity index (χ3v) is 4.03. The number of carboxylic acid groups (broad SMARTS) is 1. The number of aliphatic hydroxyl groups is 1. The average Bonchev–Trinajstić information content (AvgIpc) is 2.49. The average molecular weight is 356 g/mol. The molecule has 1 unspecified atom stereocenters. The second-order valence-corrected chi connectivity index (χ2v) is 5.92. The lowest BCUT2D eigenvalue weighted by atomic mass is 10.1. The smallest absolute Gasteiger partial charge is 0.335 e. The highest BCUT2D eigenvalue weighted by molar-refractivity contribution is 6.34. The maximum absolute atomic E-state index is 12.2. The summed E-state index contributed by atoms with van der Waals surface area (Å²) in [6.07, 6.45) is -0.447. The number of pyridine rings is 1. The molecule has 23 heavy (non-hydrogen) atoms. The number of rotatable bonds is 5. The highest BCUT2D eigenvalue weighted by Crippen LogP contribution is 2.24. The first-order valence-corrected chi connectivity index (χ1v) is 7.66. The van der Waals surface area contributed by atoms with Gasteiger partial charge in [0.05, 0.1) is 22.4 Å². The minimum Gasteiger partial charge on any atom is -0.478 e. The number of hydrogen-bond donors (Lipinski definition) is 2. The fraction of sp³-hybridized carbons (Fsp3) is 0.250. The maximum Gasteiger partial charge on any atom is 0.335 e. The summed E-state index contributed by atoms with van der Waals surface area (Å²) in [5.74, 6) is -0.995. The SMILES string of the molecule is CC(O)c1c(Cl)cc(Cl)c(=O)n1CCc1ccc(C(=O)O)cc1. The van der Waals surface area contributed by atoms with Gasteiger partial charge in [0.15, 0.2) is 0 Å². The Hall–Kier alpha value is -1.82. The van der Waals surface area contributed by atoms with E-state index < -0.39 is 17.6 Å². The van der Waals surface area contributed by atoms with E-state index in [1.165, 1.54) is 29.7 Å². The summed E-state index contributed by atoms with van der Waals surface area (Å²) in [4.78, 5) is 23.0. The van der Waals surface area contributed by atoms with Crippen LogP contribution in [0.15, 0.2) is 35.1 Å². The summed E-state index contributed by atoms with van der Waals surface area (Å²) in [6.45, 7) is 1.79. The van der Waals surface area contributed by atoms with Crippen molar-refractivity contribution >= 4 is 29.2 Å². The van der Waals surface area contributed by atoms with Gasteiger partial charge >= 0.3 is 5.97 Å². The van der Waals surface area contributed by atoms with E-state index in [1.807, 2.05) is 0 Å². The Morgan fingerprint density at radius 2 is 1.83 bits per heavy atom. The van der Waals surface area contributed by atoms with Crippen LogP contribution in [0.1, 0.15) is 34.6 Å². The number of carbonyl (C=O) groups is 1. The minimum atomic E-state index is -0.995. The normalized spacial score (nSPS) is 12.2. The van der Waals surface area contributed by atoms with Crippen LogP contribution in [0.2, 0.25) is 10.0 Å². The van der Waals surface area contributed by atoms with Crippen LogP contribution in [-0.2, 0) is 13.0 Å². The number of nitrogens with zero attached hydrogens (tertiary/aromatic N) is 1. The Morgan fingerprint density at radius 3 is 2.35 bits per heavy atom. The molecule has 0 bridgehead atoms. The molecular formula is C16H15Cl2NO4. The molecule has 0 saturated heterocycles. The van der Waals surface area contributed by atoms with Crippen LogP contribution in [0.3, 0.4) is 0 Å². The van der Waals surface area contributed by atoms with Gasteiger partial charge in [0.1, 0.15) is 5.02 Å². The van der Waals surface area contributed by atoms with Gasteiger partial charge in [0.25, 0.3) is 5.56 Å². The van der Waals surface area contributed by atoms with Crippen LogP contribution in [0, 0.1) is 0 Å². The van der Waals surface area contributed by atoms with Crippen molar-refractivity contribution in [1.29, 1.82) is 0 Å². The molecule has 0 saturated carbocycles. The van der Waals surface area contributed by atoms with Gasteiger partial charge < -0.3 is 14.8 Å². The van der Waals surface area contributed by atoms with E-state index in [1.54, 1.807) is 12.1 Å². The molecule has 122 valence electrons. The molecule has 1 heterocycles. The number of halogens is 2. The summed E-state index contributed by atoms with van der Waals surface area (Å²) in [6, 6.07) is 7.69. The molecule has 0 radical (unpaired) electrons. The molecule has 0 aliphatic rings. The zero-order valence-electron chi connectivity index (χ0n) is 12.3. The van der Waals surface area contributed by atoms with Gasteiger partial charge in [-0.1, -0.05) is 35.3 Å².